The molecule has 0 radical (unpaired) electrons. The van der Waals surface area contributed by atoms with Gasteiger partial charge in [-0.2, -0.15) is 10.1 Å². The van der Waals surface area contributed by atoms with Crippen molar-refractivity contribution in [2.75, 3.05) is 19.7 Å². The van der Waals surface area contributed by atoms with Crippen LogP contribution in [0.5, 0.6) is 0 Å². The van der Waals surface area contributed by atoms with Crippen LogP contribution < -0.4 is 5.30 Å². The standard InChI is InChI=1S/C25H25Br2N4O3PS/c1-17-22-23(31(29-17)15-16-33-25(32)19-7-11-21(27)12-8-19)28-24(18-5-9-20(26)10-6-18)34-35(22,36)30-13-3-2-4-14-30/h5-12H,2-4,13-16H2,1H3. The Kier molecular flexibility index (Phi) is 7.79. The van der Waals surface area contributed by atoms with Crippen molar-refractivity contribution < 1.29 is 14.1 Å². The minimum Gasteiger partial charge on any atom is -0.460 e. The summed E-state index contributed by atoms with van der Waals surface area (Å²) in [6.07, 6.45) is 0.795. The molecule has 0 bridgehead atoms. The van der Waals surface area contributed by atoms with E-state index < -0.39 is 6.42 Å². The Hall–Kier alpha value is -1.84. The number of fused-ring (bicyclic) bond motifs is 1. The molecule has 0 spiro atoms. The first kappa shape index (κ1) is 25.8. The van der Waals surface area contributed by atoms with Crippen LogP contribution in [0.1, 0.15) is 40.9 Å². The molecule has 0 N–H and O–H groups in total. The fraction of sp³-hybridized carbons (Fsp3) is 0.320. The molecule has 1 saturated heterocycles. The van der Waals surface area contributed by atoms with Crippen molar-refractivity contribution in [3.05, 3.63) is 74.3 Å². The van der Waals surface area contributed by atoms with Gasteiger partial charge < -0.3 is 9.26 Å². The Morgan fingerprint density at radius 3 is 2.36 bits per heavy atom. The number of ether oxygens (including phenoxy) is 1. The lowest BCUT2D eigenvalue weighted by atomic mass is 10.2. The zero-order valence-electron chi connectivity index (χ0n) is 19.7. The zero-order chi connectivity index (χ0) is 25.3. The Morgan fingerprint density at radius 2 is 1.69 bits per heavy atom. The molecule has 3 heterocycles. The quantitative estimate of drug-likeness (QED) is 0.237. The van der Waals surface area contributed by atoms with Crippen LogP contribution in [0, 0.1) is 6.92 Å². The van der Waals surface area contributed by atoms with Gasteiger partial charge in [-0.05, 0) is 80.1 Å². The van der Waals surface area contributed by atoms with Gasteiger partial charge in [0.25, 0.3) is 0 Å². The summed E-state index contributed by atoms with van der Waals surface area (Å²) in [5.41, 5.74) is 2.18. The molecule has 188 valence electrons. The van der Waals surface area contributed by atoms with Crippen molar-refractivity contribution in [2.45, 2.75) is 32.7 Å². The lowest BCUT2D eigenvalue weighted by Crippen LogP contribution is -2.35. The van der Waals surface area contributed by atoms with Crippen molar-refractivity contribution in [3.63, 3.8) is 0 Å². The summed E-state index contributed by atoms with van der Waals surface area (Å²) in [4.78, 5) is 17.4. The van der Waals surface area contributed by atoms with E-state index >= 15 is 0 Å². The number of aryl methyl sites for hydroxylation is 1. The molecule has 2 aliphatic rings. The van der Waals surface area contributed by atoms with Gasteiger partial charge in [0.1, 0.15) is 11.9 Å². The van der Waals surface area contributed by atoms with Gasteiger partial charge in [-0.25, -0.2) is 14.1 Å². The van der Waals surface area contributed by atoms with E-state index in [2.05, 4.69) is 36.5 Å². The highest BCUT2D eigenvalue weighted by Crippen LogP contribution is 2.56. The maximum absolute atomic E-state index is 12.5. The summed E-state index contributed by atoms with van der Waals surface area (Å²) in [5, 5.41) is 5.67. The van der Waals surface area contributed by atoms with Crippen LogP contribution >= 0.6 is 38.3 Å². The maximum atomic E-state index is 12.5. The number of piperidine rings is 1. The monoisotopic (exact) mass is 650 g/mol. The van der Waals surface area contributed by atoms with E-state index in [1.165, 1.54) is 6.42 Å². The van der Waals surface area contributed by atoms with Gasteiger partial charge in [0, 0.05) is 27.6 Å². The van der Waals surface area contributed by atoms with Crippen molar-refractivity contribution in [2.24, 2.45) is 4.99 Å². The molecule has 1 fully saturated rings. The Balaban J connectivity index is 1.45. The fourth-order valence-corrected chi connectivity index (χ4v) is 8.80. The van der Waals surface area contributed by atoms with E-state index in [-0.39, 0.29) is 12.6 Å². The molecular weight excluding hydrogens is 627 g/mol. The van der Waals surface area contributed by atoms with E-state index in [4.69, 9.17) is 31.2 Å². The number of hydrogen-bond donors (Lipinski definition) is 0. The van der Waals surface area contributed by atoms with Crippen LogP contribution in [0.3, 0.4) is 0 Å². The Bertz CT molecular complexity index is 1350. The highest BCUT2D eigenvalue weighted by molar-refractivity contribution is 9.10. The van der Waals surface area contributed by atoms with Gasteiger partial charge in [0.15, 0.2) is 5.82 Å². The number of esters is 1. The summed E-state index contributed by atoms with van der Waals surface area (Å²) >= 11 is 13.2. The third kappa shape index (κ3) is 5.24. The summed E-state index contributed by atoms with van der Waals surface area (Å²) in [6, 6.07) is 15.0. The molecule has 1 aromatic heterocycles. The highest BCUT2D eigenvalue weighted by atomic mass is 79.9. The van der Waals surface area contributed by atoms with E-state index in [0.29, 0.717) is 23.8 Å². The number of aliphatic imine (C=N–C) groups is 1. The van der Waals surface area contributed by atoms with Crippen LogP contribution in [-0.4, -0.2) is 46.0 Å². The maximum Gasteiger partial charge on any atom is 0.338 e. The van der Waals surface area contributed by atoms with Crippen LogP contribution in [0.15, 0.2) is 62.5 Å². The van der Waals surface area contributed by atoms with Gasteiger partial charge >= 0.3 is 5.97 Å². The largest absolute Gasteiger partial charge is 0.460 e. The molecule has 2 aliphatic heterocycles. The number of carbonyl (C=O) groups is 1. The van der Waals surface area contributed by atoms with E-state index in [9.17, 15) is 4.79 Å². The second-order valence-corrected chi connectivity index (χ2v) is 14.2. The number of aromatic nitrogens is 2. The number of benzene rings is 2. The smallest absolute Gasteiger partial charge is 0.338 e. The molecule has 3 aromatic rings. The molecule has 5 rings (SSSR count). The van der Waals surface area contributed by atoms with Crippen molar-refractivity contribution in [1.82, 2.24) is 14.5 Å². The lowest BCUT2D eigenvalue weighted by molar-refractivity contribution is 0.0488. The molecule has 1 atom stereocenters. The average Bonchev–Trinajstić information content (AvgIpc) is 3.21. The predicted octanol–water partition coefficient (Wildman–Crippen LogP) is 6.10. The second-order valence-electron chi connectivity index (χ2n) is 8.67. The minimum atomic E-state index is -2.60. The number of hydrogen-bond acceptors (Lipinski definition) is 6. The van der Waals surface area contributed by atoms with Crippen LogP contribution in [0.2, 0.25) is 0 Å². The van der Waals surface area contributed by atoms with Crippen LogP contribution in [-0.2, 0) is 27.6 Å². The summed E-state index contributed by atoms with van der Waals surface area (Å²) in [6.45, 7) is 4.29. The SMILES string of the molecule is Cc1nn(CCOC(=O)c2ccc(Br)cc2)c2c1P(=S)(N1CCCCC1)OC(c1ccc(Br)cc1)=N2. The molecule has 0 amide bonds. The normalized spacial score (nSPS) is 19.8. The molecule has 2 aromatic carbocycles. The second kappa shape index (κ2) is 10.9. The number of halogens is 2. The molecule has 0 saturated carbocycles. The highest BCUT2D eigenvalue weighted by Gasteiger charge is 2.41. The van der Waals surface area contributed by atoms with Crippen molar-refractivity contribution >= 4 is 73.1 Å². The van der Waals surface area contributed by atoms with Crippen molar-refractivity contribution in [3.8, 4) is 0 Å². The summed E-state index contributed by atoms with van der Waals surface area (Å²) in [7, 11) is 0. The third-order valence-corrected chi connectivity index (χ3v) is 11.4. The van der Waals surface area contributed by atoms with E-state index in [1.54, 1.807) is 16.8 Å². The van der Waals surface area contributed by atoms with Crippen molar-refractivity contribution in [1.29, 1.82) is 0 Å². The average molecular weight is 652 g/mol. The first-order valence-electron chi connectivity index (χ1n) is 11.8. The molecule has 36 heavy (non-hydrogen) atoms. The topological polar surface area (TPSA) is 69.0 Å². The molecular formula is C25H25Br2N4O3PS. The molecule has 1 unspecified atom stereocenters. The van der Waals surface area contributed by atoms with E-state index in [1.807, 2.05) is 43.3 Å². The van der Waals surface area contributed by atoms with Gasteiger partial charge in [-0.1, -0.05) is 38.3 Å². The van der Waals surface area contributed by atoms with Crippen LogP contribution in [0.4, 0.5) is 5.82 Å². The fourth-order valence-electron chi connectivity index (χ4n) is 4.38. The number of nitrogens with zero attached hydrogens (tertiary/aromatic N) is 4. The lowest BCUT2D eigenvalue weighted by Gasteiger charge is -2.38. The number of rotatable bonds is 6. The zero-order valence-corrected chi connectivity index (χ0v) is 24.6. The minimum absolute atomic E-state index is 0.166. The van der Waals surface area contributed by atoms with Gasteiger partial charge in [-0.3, -0.25) is 0 Å². The van der Waals surface area contributed by atoms with Gasteiger partial charge in [0.2, 0.25) is 12.3 Å². The first-order valence-corrected chi connectivity index (χ1v) is 16.0. The predicted molar refractivity (Wildman–Crippen MR) is 152 cm³/mol. The Morgan fingerprint density at radius 1 is 1.06 bits per heavy atom. The van der Waals surface area contributed by atoms with Gasteiger partial charge in [0.05, 0.1) is 17.8 Å². The molecule has 7 nitrogen and oxygen atoms in total. The first-order chi connectivity index (χ1) is 17.3. The van der Waals surface area contributed by atoms with E-state index in [0.717, 1.165) is 51.4 Å². The Labute approximate surface area is 232 Å². The van der Waals surface area contributed by atoms with Crippen LogP contribution in [0.25, 0.3) is 0 Å². The molecule has 0 aliphatic carbocycles. The van der Waals surface area contributed by atoms with Gasteiger partial charge in [-0.15, -0.1) is 0 Å². The summed E-state index contributed by atoms with van der Waals surface area (Å²) in [5.74, 6) is 0.836. The molecule has 11 heteroatoms. The summed E-state index contributed by atoms with van der Waals surface area (Å²) < 4.78 is 18.2. The third-order valence-electron chi connectivity index (χ3n) is 6.18. The number of carbonyl (C=O) groups excluding carboxylic acids is 1.